The van der Waals surface area contributed by atoms with Gasteiger partial charge in [0.1, 0.15) is 11.5 Å². The van der Waals surface area contributed by atoms with Crippen LogP contribution in [0.15, 0.2) is 24.3 Å². The summed E-state index contributed by atoms with van der Waals surface area (Å²) in [4.78, 5) is 0. The molecule has 2 nitrogen and oxygen atoms in total. The molecule has 1 aliphatic rings. The molecule has 1 aliphatic carbocycles. The molecule has 0 spiro atoms. The van der Waals surface area contributed by atoms with Gasteiger partial charge in [-0.25, -0.2) is 0 Å². The molecule has 0 heterocycles. The Balaban J connectivity index is 1.49. The van der Waals surface area contributed by atoms with Gasteiger partial charge in [0.15, 0.2) is 0 Å². The molecule has 0 aliphatic heterocycles. The van der Waals surface area contributed by atoms with Crippen molar-refractivity contribution in [2.24, 2.45) is 11.8 Å². The van der Waals surface area contributed by atoms with E-state index < -0.39 is 0 Å². The number of unbranched alkanes of at least 4 members (excludes halogenated alkanes) is 4. The Morgan fingerprint density at radius 1 is 0.692 bits per heavy atom. The highest BCUT2D eigenvalue weighted by Crippen LogP contribution is 2.34. The Labute approximate surface area is 161 Å². The number of benzene rings is 1. The number of rotatable bonds is 13. The monoisotopic (exact) mass is 360 g/mol. The summed E-state index contributed by atoms with van der Waals surface area (Å²) in [5.41, 5.74) is 0. The highest BCUT2D eigenvalue weighted by atomic mass is 16.5. The van der Waals surface area contributed by atoms with Gasteiger partial charge in [-0.2, -0.15) is 0 Å². The molecular weight excluding hydrogens is 320 g/mol. The molecule has 0 saturated heterocycles. The topological polar surface area (TPSA) is 18.5 Å². The summed E-state index contributed by atoms with van der Waals surface area (Å²) in [6.45, 7) is 5.85. The van der Waals surface area contributed by atoms with Gasteiger partial charge in [0.25, 0.3) is 0 Å². The predicted octanol–water partition coefficient (Wildman–Crippen LogP) is 7.41. The molecule has 2 rings (SSSR count). The lowest BCUT2D eigenvalue weighted by Gasteiger charge is -2.28. The maximum absolute atomic E-state index is 5.88. The van der Waals surface area contributed by atoms with Gasteiger partial charge in [0.2, 0.25) is 0 Å². The van der Waals surface area contributed by atoms with Crippen molar-refractivity contribution in [3.63, 3.8) is 0 Å². The zero-order valence-electron chi connectivity index (χ0n) is 17.2. The van der Waals surface area contributed by atoms with Crippen molar-refractivity contribution in [3.05, 3.63) is 24.3 Å². The molecular formula is C24H40O2. The Bertz CT molecular complexity index is 446. The quantitative estimate of drug-likeness (QED) is 0.341. The van der Waals surface area contributed by atoms with Crippen LogP contribution in [0.1, 0.15) is 90.9 Å². The summed E-state index contributed by atoms with van der Waals surface area (Å²) < 4.78 is 11.3. The van der Waals surface area contributed by atoms with Crippen LogP contribution < -0.4 is 9.47 Å². The molecule has 0 radical (unpaired) electrons. The fourth-order valence-corrected chi connectivity index (χ4v) is 4.21. The highest BCUT2D eigenvalue weighted by molar-refractivity contribution is 5.31. The van der Waals surface area contributed by atoms with E-state index in [1.807, 2.05) is 31.2 Å². The van der Waals surface area contributed by atoms with E-state index in [4.69, 9.17) is 9.47 Å². The fourth-order valence-electron chi connectivity index (χ4n) is 4.21. The molecule has 0 atom stereocenters. The van der Waals surface area contributed by atoms with Crippen molar-refractivity contribution in [2.75, 3.05) is 13.2 Å². The largest absolute Gasteiger partial charge is 0.494 e. The third-order valence-electron chi connectivity index (χ3n) is 5.84. The van der Waals surface area contributed by atoms with E-state index in [-0.39, 0.29) is 0 Å². The van der Waals surface area contributed by atoms with Crippen LogP contribution in [0.5, 0.6) is 11.5 Å². The van der Waals surface area contributed by atoms with E-state index in [0.29, 0.717) is 6.61 Å². The van der Waals surface area contributed by atoms with Crippen LogP contribution in [0.4, 0.5) is 0 Å². The molecule has 1 aromatic carbocycles. The summed E-state index contributed by atoms with van der Waals surface area (Å²) in [5, 5.41) is 0. The first-order chi connectivity index (χ1) is 12.8. The minimum Gasteiger partial charge on any atom is -0.494 e. The summed E-state index contributed by atoms with van der Waals surface area (Å²) in [6.07, 6.45) is 17.0. The molecule has 0 N–H and O–H groups in total. The number of hydrogen-bond acceptors (Lipinski definition) is 2. The second-order valence-corrected chi connectivity index (χ2v) is 7.98. The van der Waals surface area contributed by atoms with Crippen molar-refractivity contribution in [1.29, 1.82) is 0 Å². The predicted molar refractivity (Wildman–Crippen MR) is 111 cm³/mol. The van der Waals surface area contributed by atoms with Gasteiger partial charge in [0, 0.05) is 0 Å². The van der Waals surface area contributed by atoms with Gasteiger partial charge in [0.05, 0.1) is 13.2 Å². The van der Waals surface area contributed by atoms with E-state index in [2.05, 4.69) is 6.92 Å². The van der Waals surface area contributed by atoms with Gasteiger partial charge in [-0.15, -0.1) is 0 Å². The number of hydrogen-bond donors (Lipinski definition) is 0. The summed E-state index contributed by atoms with van der Waals surface area (Å²) in [5.74, 6) is 3.84. The van der Waals surface area contributed by atoms with Gasteiger partial charge in [-0.05, 0) is 55.9 Å². The Hall–Kier alpha value is -1.18. The van der Waals surface area contributed by atoms with Gasteiger partial charge >= 0.3 is 0 Å². The Morgan fingerprint density at radius 2 is 1.23 bits per heavy atom. The maximum Gasteiger partial charge on any atom is 0.119 e. The van der Waals surface area contributed by atoms with E-state index in [1.165, 1.54) is 77.0 Å². The third kappa shape index (κ3) is 8.47. The SMILES string of the molecule is CCCCCCCC1CCC(CCCOc2ccc(OCC)cc2)CC1. The zero-order chi connectivity index (χ0) is 18.5. The molecule has 0 amide bonds. The average Bonchev–Trinajstić information content (AvgIpc) is 2.68. The molecule has 1 aromatic rings. The molecule has 2 heteroatoms. The van der Waals surface area contributed by atoms with Crippen molar-refractivity contribution in [3.8, 4) is 11.5 Å². The molecule has 0 bridgehead atoms. The fraction of sp³-hybridized carbons (Fsp3) is 0.750. The average molecular weight is 361 g/mol. The van der Waals surface area contributed by atoms with Crippen molar-refractivity contribution in [1.82, 2.24) is 0 Å². The smallest absolute Gasteiger partial charge is 0.119 e. The lowest BCUT2D eigenvalue weighted by atomic mass is 9.78. The van der Waals surface area contributed by atoms with E-state index in [9.17, 15) is 0 Å². The molecule has 0 unspecified atom stereocenters. The standard InChI is InChI=1S/C24H40O2/c1-3-5-6-7-8-10-21-12-14-22(15-13-21)11-9-20-26-24-18-16-23(17-19-24)25-4-2/h16-19,21-22H,3-15,20H2,1-2H3. The summed E-state index contributed by atoms with van der Waals surface area (Å²) >= 11 is 0. The van der Waals surface area contributed by atoms with E-state index in [0.717, 1.165) is 29.9 Å². The van der Waals surface area contributed by atoms with Crippen LogP contribution in [0.2, 0.25) is 0 Å². The van der Waals surface area contributed by atoms with Gasteiger partial charge in [-0.1, -0.05) is 71.1 Å². The summed E-state index contributed by atoms with van der Waals surface area (Å²) in [7, 11) is 0. The lowest BCUT2D eigenvalue weighted by Crippen LogP contribution is -2.15. The summed E-state index contributed by atoms with van der Waals surface area (Å²) in [6, 6.07) is 8.00. The molecule has 0 aromatic heterocycles. The molecule has 148 valence electrons. The molecule has 1 saturated carbocycles. The minimum absolute atomic E-state index is 0.710. The first-order valence-corrected chi connectivity index (χ1v) is 11.2. The van der Waals surface area contributed by atoms with E-state index >= 15 is 0 Å². The lowest BCUT2D eigenvalue weighted by molar-refractivity contribution is 0.228. The first kappa shape index (κ1) is 21.1. The van der Waals surface area contributed by atoms with Crippen LogP contribution in [0.25, 0.3) is 0 Å². The second kappa shape index (κ2) is 13.1. The first-order valence-electron chi connectivity index (χ1n) is 11.2. The molecule has 26 heavy (non-hydrogen) atoms. The van der Waals surface area contributed by atoms with E-state index in [1.54, 1.807) is 0 Å². The van der Waals surface area contributed by atoms with Crippen LogP contribution in [0, 0.1) is 11.8 Å². The number of ether oxygens (including phenoxy) is 2. The van der Waals surface area contributed by atoms with Crippen LogP contribution in [-0.2, 0) is 0 Å². The van der Waals surface area contributed by atoms with Gasteiger partial charge < -0.3 is 9.47 Å². The Kier molecular flexibility index (Phi) is 10.6. The van der Waals surface area contributed by atoms with Crippen molar-refractivity contribution in [2.45, 2.75) is 90.9 Å². The molecule has 1 fully saturated rings. The third-order valence-corrected chi connectivity index (χ3v) is 5.84. The normalized spacial score (nSPS) is 20.1. The second-order valence-electron chi connectivity index (χ2n) is 7.98. The van der Waals surface area contributed by atoms with Crippen LogP contribution in [-0.4, -0.2) is 13.2 Å². The highest BCUT2D eigenvalue weighted by Gasteiger charge is 2.20. The maximum atomic E-state index is 5.88. The zero-order valence-corrected chi connectivity index (χ0v) is 17.2. The van der Waals surface area contributed by atoms with Crippen LogP contribution in [0.3, 0.4) is 0 Å². The van der Waals surface area contributed by atoms with Crippen molar-refractivity contribution < 1.29 is 9.47 Å². The van der Waals surface area contributed by atoms with Gasteiger partial charge in [-0.3, -0.25) is 0 Å². The minimum atomic E-state index is 0.710. The Morgan fingerprint density at radius 3 is 1.81 bits per heavy atom. The van der Waals surface area contributed by atoms with Crippen LogP contribution >= 0.6 is 0 Å². The van der Waals surface area contributed by atoms with Crippen molar-refractivity contribution >= 4 is 0 Å².